The number of hydrogen-bond donors (Lipinski definition) is 6. The summed E-state index contributed by atoms with van der Waals surface area (Å²) in [5, 5.41) is 58.1. The molecule has 2 heterocycles. The number of hydrogen-bond acceptors (Lipinski definition) is 9. The van der Waals surface area contributed by atoms with Gasteiger partial charge in [-0.3, -0.25) is 0 Å². The van der Waals surface area contributed by atoms with Crippen molar-refractivity contribution in [2.24, 2.45) is 0 Å². The highest BCUT2D eigenvalue weighted by Gasteiger charge is 2.51. The van der Waals surface area contributed by atoms with Crippen molar-refractivity contribution >= 4 is 5.97 Å². The van der Waals surface area contributed by atoms with E-state index in [0.717, 1.165) is 6.07 Å². The van der Waals surface area contributed by atoms with Crippen molar-refractivity contribution in [3.8, 4) is 17.2 Å². The Morgan fingerprint density at radius 3 is 2.41 bits per heavy atom. The molecule has 1 saturated heterocycles. The van der Waals surface area contributed by atoms with Gasteiger partial charge in [-0.15, -0.1) is 0 Å². The maximum absolute atomic E-state index is 11.9. The van der Waals surface area contributed by atoms with Crippen LogP contribution in [0, 0.1) is 0 Å². The van der Waals surface area contributed by atoms with Gasteiger partial charge in [-0.25, -0.2) is 4.79 Å². The molecular formula is C13H14O9. The van der Waals surface area contributed by atoms with Crippen LogP contribution >= 0.6 is 0 Å². The zero-order chi connectivity index (χ0) is 16.2. The molecule has 2 aliphatic heterocycles. The lowest BCUT2D eigenvalue weighted by Crippen LogP contribution is -2.58. The number of aliphatic hydroxyl groups excluding tert-OH is 3. The van der Waals surface area contributed by atoms with Gasteiger partial charge in [-0.1, -0.05) is 0 Å². The number of aliphatic hydroxyl groups is 3. The van der Waals surface area contributed by atoms with Crippen molar-refractivity contribution in [2.45, 2.75) is 30.5 Å². The summed E-state index contributed by atoms with van der Waals surface area (Å²) < 4.78 is 10.4. The number of phenolic OH excluding ortho intramolecular Hbond substituents is 3. The molecule has 0 unspecified atom stereocenters. The van der Waals surface area contributed by atoms with E-state index in [-0.39, 0.29) is 11.1 Å². The third kappa shape index (κ3) is 1.91. The summed E-state index contributed by atoms with van der Waals surface area (Å²) in [5.41, 5.74) is -0.421. The largest absolute Gasteiger partial charge is 0.504 e. The monoisotopic (exact) mass is 314 g/mol. The van der Waals surface area contributed by atoms with E-state index in [4.69, 9.17) is 9.47 Å². The minimum atomic E-state index is -1.55. The van der Waals surface area contributed by atoms with Crippen LogP contribution in [0.25, 0.3) is 0 Å². The second-order valence-electron chi connectivity index (χ2n) is 5.18. The van der Waals surface area contributed by atoms with Crippen molar-refractivity contribution < 1.29 is 44.9 Å². The van der Waals surface area contributed by atoms with Crippen molar-refractivity contribution in [1.29, 1.82) is 0 Å². The minimum Gasteiger partial charge on any atom is -0.504 e. The van der Waals surface area contributed by atoms with E-state index in [0.29, 0.717) is 0 Å². The first-order valence-corrected chi connectivity index (χ1v) is 6.48. The molecule has 9 nitrogen and oxygen atoms in total. The molecule has 1 aromatic carbocycles. The number of aromatic hydroxyl groups is 3. The molecule has 0 aromatic heterocycles. The van der Waals surface area contributed by atoms with E-state index in [1.165, 1.54) is 0 Å². The SMILES string of the molecule is O=C1O[C@H]2[C@@H](O)[C@@H](O)[C@@H](CO)O[C@H]2c2c1cc(O)c(O)c2O. The Hall–Kier alpha value is -2.07. The van der Waals surface area contributed by atoms with Gasteiger partial charge < -0.3 is 40.1 Å². The zero-order valence-electron chi connectivity index (χ0n) is 11.1. The van der Waals surface area contributed by atoms with Gasteiger partial charge in [0.05, 0.1) is 12.2 Å². The van der Waals surface area contributed by atoms with Crippen molar-refractivity contribution in [1.82, 2.24) is 0 Å². The summed E-state index contributed by atoms with van der Waals surface area (Å²) in [6, 6.07) is 0.900. The maximum Gasteiger partial charge on any atom is 0.339 e. The summed E-state index contributed by atoms with van der Waals surface area (Å²) in [6.07, 6.45) is -6.75. The second-order valence-corrected chi connectivity index (χ2v) is 5.18. The van der Waals surface area contributed by atoms with Crippen LogP contribution in [0.5, 0.6) is 17.2 Å². The predicted molar refractivity (Wildman–Crippen MR) is 67.4 cm³/mol. The zero-order valence-corrected chi connectivity index (χ0v) is 11.1. The van der Waals surface area contributed by atoms with E-state index in [1.54, 1.807) is 0 Å². The lowest BCUT2D eigenvalue weighted by atomic mass is 9.86. The third-order valence-electron chi connectivity index (χ3n) is 3.91. The molecule has 0 spiro atoms. The van der Waals surface area contributed by atoms with Crippen molar-refractivity contribution in [3.63, 3.8) is 0 Å². The van der Waals surface area contributed by atoms with Gasteiger partial charge in [0.25, 0.3) is 0 Å². The fraction of sp³-hybridized carbons (Fsp3) is 0.462. The molecule has 0 amide bonds. The van der Waals surface area contributed by atoms with Crippen LogP contribution in [-0.2, 0) is 9.47 Å². The number of rotatable bonds is 1. The van der Waals surface area contributed by atoms with Crippen molar-refractivity contribution in [2.75, 3.05) is 6.61 Å². The highest BCUT2D eigenvalue weighted by atomic mass is 16.6. The number of carbonyl (C=O) groups excluding carboxylic acids is 1. The maximum atomic E-state index is 11.9. The molecule has 0 saturated carbocycles. The Balaban J connectivity index is 2.15. The molecule has 120 valence electrons. The normalized spacial score (nSPS) is 33.8. The first kappa shape index (κ1) is 14.9. The fourth-order valence-corrected chi connectivity index (χ4v) is 2.76. The number of fused-ring (bicyclic) bond motifs is 3. The molecule has 1 fully saturated rings. The lowest BCUT2D eigenvalue weighted by Gasteiger charge is -2.44. The Labute approximate surface area is 123 Å². The van der Waals surface area contributed by atoms with Gasteiger partial charge in [0.15, 0.2) is 17.6 Å². The third-order valence-corrected chi connectivity index (χ3v) is 3.91. The highest BCUT2D eigenvalue weighted by molar-refractivity contribution is 5.95. The van der Waals surface area contributed by atoms with Gasteiger partial charge in [-0.05, 0) is 6.07 Å². The van der Waals surface area contributed by atoms with E-state index in [1.807, 2.05) is 0 Å². The molecule has 0 radical (unpaired) electrons. The van der Waals surface area contributed by atoms with Crippen LogP contribution in [-0.4, -0.2) is 67.6 Å². The van der Waals surface area contributed by atoms with Crippen LogP contribution in [0.1, 0.15) is 22.0 Å². The first-order chi connectivity index (χ1) is 10.4. The summed E-state index contributed by atoms with van der Waals surface area (Å²) in [7, 11) is 0. The molecule has 9 heteroatoms. The number of carbonyl (C=O) groups is 1. The van der Waals surface area contributed by atoms with Crippen LogP contribution in [0.15, 0.2) is 6.07 Å². The van der Waals surface area contributed by atoms with Crippen LogP contribution in [0.2, 0.25) is 0 Å². The first-order valence-electron chi connectivity index (χ1n) is 6.48. The molecule has 1 aromatic rings. The highest BCUT2D eigenvalue weighted by Crippen LogP contribution is 2.49. The summed E-state index contributed by atoms with van der Waals surface area (Å²) >= 11 is 0. The molecule has 0 aliphatic carbocycles. The summed E-state index contributed by atoms with van der Waals surface area (Å²) in [6.45, 7) is -0.616. The standard InChI is InChI=1S/C13H14O9/c14-2-5-8(17)10(19)12-11(21-5)6-3(13(20)22-12)1-4(15)7(16)9(6)18/h1,5,8,10-12,14-19H,2H2/t5-,8+,10+,11+,12+/m1/s1. The number of esters is 1. The van der Waals surface area contributed by atoms with Gasteiger partial charge >= 0.3 is 5.97 Å². The Morgan fingerprint density at radius 1 is 1.09 bits per heavy atom. The molecule has 0 bridgehead atoms. The van der Waals surface area contributed by atoms with Crippen molar-refractivity contribution in [3.05, 3.63) is 17.2 Å². The minimum absolute atomic E-state index is 0.180. The van der Waals surface area contributed by atoms with E-state index in [9.17, 15) is 35.4 Å². The van der Waals surface area contributed by atoms with Gasteiger partial charge in [0.2, 0.25) is 5.75 Å². The Morgan fingerprint density at radius 2 is 1.77 bits per heavy atom. The fourth-order valence-electron chi connectivity index (χ4n) is 2.76. The van der Waals surface area contributed by atoms with E-state index < -0.39 is 60.3 Å². The van der Waals surface area contributed by atoms with Crippen LogP contribution in [0.4, 0.5) is 0 Å². The molecule has 5 atom stereocenters. The van der Waals surface area contributed by atoms with Crippen LogP contribution < -0.4 is 0 Å². The summed E-state index contributed by atoms with van der Waals surface area (Å²) in [5.74, 6) is -3.32. The summed E-state index contributed by atoms with van der Waals surface area (Å²) in [4.78, 5) is 11.9. The molecule has 6 N–H and O–H groups in total. The smallest absolute Gasteiger partial charge is 0.339 e. The molecule has 3 rings (SSSR count). The molecule has 2 aliphatic rings. The van der Waals surface area contributed by atoms with Crippen LogP contribution in [0.3, 0.4) is 0 Å². The lowest BCUT2D eigenvalue weighted by molar-refractivity contribution is -0.235. The average Bonchev–Trinajstić information content (AvgIpc) is 2.49. The number of phenols is 3. The van der Waals surface area contributed by atoms with Gasteiger partial charge in [0.1, 0.15) is 24.4 Å². The van der Waals surface area contributed by atoms with E-state index in [2.05, 4.69) is 0 Å². The number of benzene rings is 1. The molecule has 22 heavy (non-hydrogen) atoms. The Bertz CT molecular complexity index is 628. The molecular weight excluding hydrogens is 300 g/mol. The Kier molecular flexibility index (Phi) is 3.37. The van der Waals surface area contributed by atoms with Gasteiger partial charge in [0, 0.05) is 5.56 Å². The quantitative estimate of drug-likeness (QED) is 0.268. The topological polar surface area (TPSA) is 157 Å². The predicted octanol–water partition coefficient (Wildman–Crippen LogP) is -1.50. The van der Waals surface area contributed by atoms with E-state index >= 15 is 0 Å². The number of ether oxygens (including phenoxy) is 2. The average molecular weight is 314 g/mol. The van der Waals surface area contributed by atoms with Gasteiger partial charge in [-0.2, -0.15) is 0 Å². The second kappa shape index (κ2) is 4.99.